The molecule has 160 valence electrons. The summed E-state index contributed by atoms with van der Waals surface area (Å²) in [4.78, 5) is 4.69. The van der Waals surface area contributed by atoms with Gasteiger partial charge in [0.15, 0.2) is 5.29 Å². The molecule has 4 heteroatoms. The van der Waals surface area contributed by atoms with Crippen molar-refractivity contribution in [1.82, 2.24) is 10.6 Å². The lowest BCUT2D eigenvalue weighted by molar-refractivity contribution is 0.412. The second-order valence-electron chi connectivity index (χ2n) is 8.33. The third-order valence-electron chi connectivity index (χ3n) is 6.22. The van der Waals surface area contributed by atoms with Crippen LogP contribution in [-0.2, 0) is 0 Å². The fourth-order valence-electron chi connectivity index (χ4n) is 4.59. The number of hydrogen-bond acceptors (Lipinski definition) is 3. The first-order chi connectivity index (χ1) is 16.2. The molecule has 2 atom stereocenters. The van der Waals surface area contributed by atoms with Crippen LogP contribution in [0.4, 0.5) is 0 Å². The van der Waals surface area contributed by atoms with Crippen molar-refractivity contribution in [2.24, 2.45) is 4.99 Å². The Morgan fingerprint density at radius 1 is 0.636 bits per heavy atom. The minimum absolute atomic E-state index is 0.142. The Morgan fingerprint density at radius 3 is 2.18 bits per heavy atom. The molecule has 0 saturated heterocycles. The summed E-state index contributed by atoms with van der Waals surface area (Å²) in [7, 11) is 0. The maximum atomic E-state index is 6.50. The van der Waals surface area contributed by atoms with Crippen molar-refractivity contribution in [3.63, 3.8) is 0 Å². The lowest BCUT2D eigenvalue weighted by Crippen LogP contribution is -2.42. The van der Waals surface area contributed by atoms with Gasteiger partial charge in [0.1, 0.15) is 12.3 Å². The van der Waals surface area contributed by atoms with Crippen LogP contribution in [0.3, 0.4) is 0 Å². The second kappa shape index (κ2) is 8.36. The van der Waals surface area contributed by atoms with E-state index in [1.165, 1.54) is 32.7 Å². The van der Waals surface area contributed by atoms with Crippen LogP contribution >= 0.6 is 11.6 Å². The summed E-state index contributed by atoms with van der Waals surface area (Å²) < 4.78 is 0. The molecule has 0 fully saturated rings. The largest absolute Gasteiger partial charge is 0.341 e. The van der Waals surface area contributed by atoms with Gasteiger partial charge in [-0.05, 0) is 73.6 Å². The van der Waals surface area contributed by atoms with Gasteiger partial charge in [0.2, 0.25) is 0 Å². The Labute approximate surface area is 197 Å². The van der Waals surface area contributed by atoms with Crippen LogP contribution in [0.2, 0.25) is 0 Å². The smallest absolute Gasteiger partial charge is 0.194 e. The lowest BCUT2D eigenvalue weighted by atomic mass is 9.94. The number of amidine groups is 1. The van der Waals surface area contributed by atoms with Gasteiger partial charge >= 0.3 is 0 Å². The van der Waals surface area contributed by atoms with E-state index in [0.717, 1.165) is 11.1 Å². The van der Waals surface area contributed by atoms with Crippen LogP contribution in [0, 0.1) is 0 Å². The third kappa shape index (κ3) is 3.86. The van der Waals surface area contributed by atoms with Gasteiger partial charge in [-0.3, -0.25) is 5.32 Å². The highest BCUT2D eigenvalue weighted by atomic mass is 35.5. The fourth-order valence-corrected chi connectivity index (χ4v) is 4.80. The van der Waals surface area contributed by atoms with Crippen molar-refractivity contribution in [2.45, 2.75) is 12.3 Å². The number of nitrogens with one attached hydrogen (secondary N) is 2. The molecule has 0 spiro atoms. The number of hydrogen-bond donors (Lipinski definition) is 2. The lowest BCUT2D eigenvalue weighted by Gasteiger charge is -2.30. The number of nitrogens with zero attached hydrogens (tertiary/aromatic N) is 1. The zero-order valence-electron chi connectivity index (χ0n) is 17.9. The summed E-state index contributed by atoms with van der Waals surface area (Å²) >= 11 is 6.50. The number of fused-ring (bicyclic) bond motifs is 2. The summed E-state index contributed by atoms with van der Waals surface area (Å²) in [6.45, 7) is 0. The Balaban J connectivity index is 1.42. The number of halogens is 1. The highest BCUT2D eigenvalue weighted by molar-refractivity contribution is 6.64. The van der Waals surface area contributed by atoms with Gasteiger partial charge < -0.3 is 5.32 Å². The van der Waals surface area contributed by atoms with Crippen LogP contribution in [0.1, 0.15) is 23.5 Å². The molecule has 2 unspecified atom stereocenters. The van der Waals surface area contributed by atoms with Crippen molar-refractivity contribution in [1.29, 1.82) is 0 Å². The van der Waals surface area contributed by atoms with Gasteiger partial charge in [0, 0.05) is 0 Å². The minimum atomic E-state index is -0.262. The summed E-state index contributed by atoms with van der Waals surface area (Å²) in [6, 6.07) is 38.3. The molecule has 0 bridgehead atoms. The molecule has 1 heterocycles. The highest BCUT2D eigenvalue weighted by Crippen LogP contribution is 2.34. The Morgan fingerprint density at radius 2 is 1.33 bits per heavy atom. The third-order valence-corrected chi connectivity index (χ3v) is 6.43. The zero-order chi connectivity index (χ0) is 22.2. The van der Waals surface area contributed by atoms with Crippen LogP contribution in [-0.4, -0.2) is 5.29 Å². The molecule has 1 aliphatic heterocycles. The summed E-state index contributed by atoms with van der Waals surface area (Å²) in [5.74, 6) is 0. The first kappa shape index (κ1) is 20.0. The predicted molar refractivity (Wildman–Crippen MR) is 138 cm³/mol. The molecule has 0 amide bonds. The van der Waals surface area contributed by atoms with Crippen molar-refractivity contribution in [2.75, 3.05) is 0 Å². The second-order valence-corrected chi connectivity index (χ2v) is 8.69. The van der Waals surface area contributed by atoms with Gasteiger partial charge in [-0.15, -0.1) is 0 Å². The average molecular weight is 448 g/mol. The molecule has 0 aromatic heterocycles. The first-order valence-electron chi connectivity index (χ1n) is 11.1. The predicted octanol–water partition coefficient (Wildman–Crippen LogP) is 7.15. The molecule has 1 aliphatic rings. The Kier molecular flexibility index (Phi) is 5.06. The van der Waals surface area contributed by atoms with E-state index >= 15 is 0 Å². The monoisotopic (exact) mass is 447 g/mol. The maximum Gasteiger partial charge on any atom is 0.194 e. The van der Waals surface area contributed by atoms with E-state index in [9.17, 15) is 0 Å². The van der Waals surface area contributed by atoms with Crippen molar-refractivity contribution in [3.05, 3.63) is 120 Å². The Bertz CT molecular complexity index is 1490. The SMILES string of the molecule is ClC1=NC(c2cc(-c3ccccc3)c3ccccc3c2)NC(c2ccc3ccccc3c2)N1. The number of aliphatic imine (C=N–C) groups is 1. The molecular formula is C29H22ClN3. The summed E-state index contributed by atoms with van der Waals surface area (Å²) in [5.41, 5.74) is 4.58. The standard InChI is InChI=1S/C29H22ClN3/c30-29-32-27(23-15-14-19-8-4-5-11-21(19)16-23)31-28(33-29)24-17-22-12-6-7-13-25(22)26(18-24)20-9-2-1-3-10-20/h1-18,27-28,31H,(H,32,33). The average Bonchev–Trinajstić information content (AvgIpc) is 2.88. The van der Waals surface area contributed by atoms with Gasteiger partial charge in [0.25, 0.3) is 0 Å². The van der Waals surface area contributed by atoms with Crippen molar-refractivity contribution >= 4 is 38.4 Å². The molecule has 5 aromatic rings. The molecule has 6 rings (SSSR count). The van der Waals surface area contributed by atoms with Gasteiger partial charge in [-0.2, -0.15) is 0 Å². The fraction of sp³-hybridized carbons (Fsp3) is 0.0690. The number of rotatable bonds is 3. The Hall–Kier alpha value is -3.66. The molecule has 0 aliphatic carbocycles. The highest BCUT2D eigenvalue weighted by Gasteiger charge is 2.25. The minimum Gasteiger partial charge on any atom is -0.341 e. The van der Waals surface area contributed by atoms with Gasteiger partial charge in [-0.1, -0.05) is 91.0 Å². The zero-order valence-corrected chi connectivity index (χ0v) is 18.6. The van der Waals surface area contributed by atoms with E-state index in [1.54, 1.807) is 0 Å². The quantitative estimate of drug-likeness (QED) is 0.288. The van der Waals surface area contributed by atoms with E-state index in [2.05, 4.69) is 114 Å². The van der Waals surface area contributed by atoms with Gasteiger partial charge in [0.05, 0.1) is 0 Å². The topological polar surface area (TPSA) is 36.4 Å². The molecule has 33 heavy (non-hydrogen) atoms. The van der Waals surface area contributed by atoms with Crippen LogP contribution in [0.25, 0.3) is 32.7 Å². The van der Waals surface area contributed by atoms with E-state index in [1.807, 2.05) is 6.07 Å². The van der Waals surface area contributed by atoms with Crippen molar-refractivity contribution in [3.8, 4) is 11.1 Å². The number of benzene rings is 5. The molecule has 0 saturated carbocycles. The maximum absolute atomic E-state index is 6.50. The van der Waals surface area contributed by atoms with E-state index in [4.69, 9.17) is 16.6 Å². The molecule has 0 radical (unpaired) electrons. The van der Waals surface area contributed by atoms with Crippen molar-refractivity contribution < 1.29 is 0 Å². The van der Waals surface area contributed by atoms with Crippen LogP contribution in [0.5, 0.6) is 0 Å². The van der Waals surface area contributed by atoms with E-state index in [-0.39, 0.29) is 12.3 Å². The van der Waals surface area contributed by atoms with Gasteiger partial charge in [-0.25, -0.2) is 4.99 Å². The first-order valence-corrected chi connectivity index (χ1v) is 11.5. The molecular weight excluding hydrogens is 426 g/mol. The van der Waals surface area contributed by atoms with E-state index in [0.29, 0.717) is 5.29 Å². The van der Waals surface area contributed by atoms with Crippen LogP contribution < -0.4 is 10.6 Å². The molecule has 2 N–H and O–H groups in total. The summed E-state index contributed by atoms with van der Waals surface area (Å²) in [6.07, 6.45) is -0.404. The molecule has 5 aromatic carbocycles. The normalized spacial score (nSPS) is 18.2. The van der Waals surface area contributed by atoms with E-state index < -0.39 is 0 Å². The van der Waals surface area contributed by atoms with Crippen LogP contribution in [0.15, 0.2) is 114 Å². The molecule has 3 nitrogen and oxygen atoms in total. The summed E-state index contributed by atoms with van der Waals surface area (Å²) in [5, 5.41) is 12.2.